The van der Waals surface area contributed by atoms with Crippen molar-refractivity contribution < 1.29 is 14.3 Å². The number of nitrogens with zero attached hydrogens (tertiary/aromatic N) is 2. The molecule has 1 atom stereocenters. The second kappa shape index (κ2) is 9.26. The summed E-state index contributed by atoms with van der Waals surface area (Å²) in [5.41, 5.74) is 0.761. The largest absolute Gasteiger partial charge is 0.497 e. The molecule has 27 heavy (non-hydrogen) atoms. The molecule has 2 aliphatic rings. The van der Waals surface area contributed by atoms with Crippen LogP contribution in [0, 0.1) is 0 Å². The Kier molecular flexibility index (Phi) is 6.77. The average molecular weight is 390 g/mol. The van der Waals surface area contributed by atoms with Gasteiger partial charge in [-0.25, -0.2) is 4.99 Å². The van der Waals surface area contributed by atoms with Crippen molar-refractivity contribution in [1.82, 2.24) is 10.2 Å². The molecule has 1 aliphatic carbocycles. The van der Waals surface area contributed by atoms with Gasteiger partial charge in [0.25, 0.3) is 0 Å². The molecule has 1 unspecified atom stereocenters. The van der Waals surface area contributed by atoms with Crippen molar-refractivity contribution in [3.8, 4) is 5.75 Å². The van der Waals surface area contributed by atoms with E-state index in [0.717, 1.165) is 24.3 Å². The van der Waals surface area contributed by atoms with Crippen molar-refractivity contribution in [2.75, 3.05) is 13.7 Å². The summed E-state index contributed by atoms with van der Waals surface area (Å²) in [5.74, 6) is 0.696. The summed E-state index contributed by atoms with van der Waals surface area (Å²) in [6, 6.07) is 7.66. The van der Waals surface area contributed by atoms with Crippen LogP contribution in [0.25, 0.3) is 0 Å². The maximum absolute atomic E-state index is 12.7. The van der Waals surface area contributed by atoms with Gasteiger partial charge in [0, 0.05) is 19.0 Å². The van der Waals surface area contributed by atoms with Crippen molar-refractivity contribution in [1.29, 1.82) is 0 Å². The third kappa shape index (κ3) is 5.03. The zero-order chi connectivity index (χ0) is 19.2. The van der Waals surface area contributed by atoms with Crippen LogP contribution in [-0.2, 0) is 9.59 Å². The van der Waals surface area contributed by atoms with Crippen molar-refractivity contribution in [3.05, 3.63) is 24.3 Å². The Bertz CT molecular complexity index is 699. The number of carbonyl (C=O) groups excluding carboxylic acids is 2. The van der Waals surface area contributed by atoms with Crippen LogP contribution in [0.1, 0.15) is 45.4 Å². The summed E-state index contributed by atoms with van der Waals surface area (Å²) in [5, 5.41) is 3.36. The normalized spacial score (nSPS) is 22.3. The minimum absolute atomic E-state index is 0.0329. The Morgan fingerprint density at radius 1 is 1.26 bits per heavy atom. The molecule has 1 aliphatic heterocycles. The van der Waals surface area contributed by atoms with E-state index in [9.17, 15) is 9.59 Å². The molecular weight excluding hydrogens is 362 g/mol. The fourth-order valence-corrected chi connectivity index (χ4v) is 4.71. The van der Waals surface area contributed by atoms with E-state index >= 15 is 0 Å². The van der Waals surface area contributed by atoms with Crippen LogP contribution in [0.15, 0.2) is 29.3 Å². The molecule has 6 nitrogen and oxygen atoms in total. The van der Waals surface area contributed by atoms with Gasteiger partial charge in [-0.1, -0.05) is 31.0 Å². The molecule has 1 N–H and O–H groups in total. The van der Waals surface area contributed by atoms with Crippen molar-refractivity contribution in [2.24, 2.45) is 4.99 Å². The first-order chi connectivity index (χ1) is 13.1. The van der Waals surface area contributed by atoms with E-state index < -0.39 is 5.25 Å². The summed E-state index contributed by atoms with van der Waals surface area (Å²) in [7, 11) is 1.62. The number of methoxy groups -OCH3 is 1. The highest BCUT2D eigenvalue weighted by molar-refractivity contribution is 8.15. The quantitative estimate of drug-likeness (QED) is 0.808. The Hall–Kier alpha value is -2.02. The van der Waals surface area contributed by atoms with Crippen molar-refractivity contribution >= 4 is 34.4 Å². The maximum atomic E-state index is 12.7. The minimum Gasteiger partial charge on any atom is -0.497 e. The van der Waals surface area contributed by atoms with Crippen LogP contribution in [0.3, 0.4) is 0 Å². The lowest BCUT2D eigenvalue weighted by Gasteiger charge is -2.23. The summed E-state index contributed by atoms with van der Waals surface area (Å²) in [6.07, 6.45) is 5.89. The zero-order valence-electron chi connectivity index (χ0n) is 15.9. The van der Waals surface area contributed by atoms with Crippen LogP contribution in [-0.4, -0.2) is 46.8 Å². The third-order valence-electron chi connectivity index (χ3n) is 4.97. The fourth-order valence-electron chi connectivity index (χ4n) is 3.49. The molecule has 1 heterocycles. The number of nitrogens with one attached hydrogen (secondary N) is 1. The highest BCUT2D eigenvalue weighted by Crippen LogP contribution is 2.32. The van der Waals surface area contributed by atoms with Gasteiger partial charge in [-0.2, -0.15) is 0 Å². The van der Waals surface area contributed by atoms with Crippen LogP contribution < -0.4 is 10.1 Å². The maximum Gasteiger partial charge on any atom is 0.242 e. The van der Waals surface area contributed by atoms with Crippen molar-refractivity contribution in [2.45, 2.75) is 56.7 Å². The number of aliphatic imine (C=N–C) groups is 1. The topological polar surface area (TPSA) is 71.0 Å². The molecule has 0 aromatic heterocycles. The van der Waals surface area contributed by atoms with Gasteiger partial charge in [0.1, 0.15) is 11.0 Å². The molecule has 2 fully saturated rings. The second-order valence-corrected chi connectivity index (χ2v) is 8.06. The minimum atomic E-state index is -0.398. The Morgan fingerprint density at radius 2 is 1.96 bits per heavy atom. The lowest BCUT2D eigenvalue weighted by atomic mass is 9.95. The van der Waals surface area contributed by atoms with Gasteiger partial charge < -0.3 is 10.1 Å². The van der Waals surface area contributed by atoms with E-state index in [1.807, 2.05) is 31.2 Å². The first-order valence-electron chi connectivity index (χ1n) is 9.61. The lowest BCUT2D eigenvalue weighted by molar-refractivity contribution is -0.129. The Morgan fingerprint density at radius 3 is 2.59 bits per heavy atom. The molecule has 1 saturated heterocycles. The van der Waals surface area contributed by atoms with E-state index in [1.54, 1.807) is 12.0 Å². The van der Waals surface area contributed by atoms with Gasteiger partial charge in [-0.3, -0.25) is 14.5 Å². The first-order valence-corrected chi connectivity index (χ1v) is 10.5. The highest BCUT2D eigenvalue weighted by atomic mass is 32.2. The highest BCUT2D eigenvalue weighted by Gasteiger charge is 2.38. The number of rotatable bonds is 6. The molecule has 0 spiro atoms. The van der Waals surface area contributed by atoms with E-state index in [4.69, 9.17) is 4.74 Å². The summed E-state index contributed by atoms with van der Waals surface area (Å²) in [6.45, 7) is 2.47. The van der Waals surface area contributed by atoms with Crippen molar-refractivity contribution in [3.63, 3.8) is 0 Å². The average Bonchev–Trinajstić information content (AvgIpc) is 2.97. The first kappa shape index (κ1) is 19.7. The van der Waals surface area contributed by atoms with Gasteiger partial charge in [-0.05, 0) is 44.0 Å². The number of ether oxygens (including phenoxy) is 1. The number of benzene rings is 1. The third-order valence-corrected chi connectivity index (χ3v) is 6.15. The zero-order valence-corrected chi connectivity index (χ0v) is 16.8. The standard InChI is InChI=1S/C20H27N3O3S/c1-3-23-19(25)17(13-18(24)21-14-7-5-4-6-8-14)27-20(23)22-15-9-11-16(26-2)12-10-15/h9-12,14,17H,3-8,13H2,1-2H3,(H,21,24). The predicted octanol–water partition coefficient (Wildman–Crippen LogP) is 3.49. The van der Waals surface area contributed by atoms with E-state index in [0.29, 0.717) is 11.7 Å². The number of thioether (sulfide) groups is 1. The number of hydrogen-bond acceptors (Lipinski definition) is 5. The molecule has 1 aromatic carbocycles. The molecule has 7 heteroatoms. The molecule has 1 saturated carbocycles. The van der Waals surface area contributed by atoms with Gasteiger partial charge in [0.2, 0.25) is 11.8 Å². The molecule has 3 rings (SSSR count). The number of carbonyl (C=O) groups is 2. The van der Waals surface area contributed by atoms with Gasteiger partial charge in [0.15, 0.2) is 5.17 Å². The van der Waals surface area contributed by atoms with E-state index in [-0.39, 0.29) is 24.3 Å². The summed E-state index contributed by atoms with van der Waals surface area (Å²) < 4.78 is 5.16. The Balaban J connectivity index is 1.64. The second-order valence-electron chi connectivity index (χ2n) is 6.89. The molecule has 146 valence electrons. The van der Waals surface area contributed by atoms with Crippen LogP contribution in [0.2, 0.25) is 0 Å². The fraction of sp³-hybridized carbons (Fsp3) is 0.550. The molecular formula is C20H27N3O3S. The number of amidine groups is 1. The van der Waals surface area contributed by atoms with E-state index in [2.05, 4.69) is 10.3 Å². The predicted molar refractivity (Wildman–Crippen MR) is 108 cm³/mol. The Labute approximate surface area is 164 Å². The smallest absolute Gasteiger partial charge is 0.242 e. The van der Waals surface area contributed by atoms with Gasteiger partial charge in [-0.15, -0.1) is 0 Å². The van der Waals surface area contributed by atoms with Crippen LogP contribution in [0.5, 0.6) is 5.75 Å². The SMILES string of the molecule is CCN1C(=O)C(CC(=O)NC2CCCCC2)SC1=Nc1ccc(OC)cc1. The molecule has 0 bridgehead atoms. The molecule has 0 radical (unpaired) electrons. The lowest BCUT2D eigenvalue weighted by Crippen LogP contribution is -2.39. The van der Waals surface area contributed by atoms with Crippen LogP contribution >= 0.6 is 11.8 Å². The van der Waals surface area contributed by atoms with E-state index in [1.165, 1.54) is 31.0 Å². The number of hydrogen-bond donors (Lipinski definition) is 1. The number of amides is 2. The monoisotopic (exact) mass is 389 g/mol. The van der Waals surface area contributed by atoms with Gasteiger partial charge >= 0.3 is 0 Å². The summed E-state index contributed by atoms with van der Waals surface area (Å²) in [4.78, 5) is 31.4. The summed E-state index contributed by atoms with van der Waals surface area (Å²) >= 11 is 1.38. The van der Waals surface area contributed by atoms with Gasteiger partial charge in [0.05, 0.1) is 12.8 Å². The van der Waals surface area contributed by atoms with Crippen LogP contribution in [0.4, 0.5) is 5.69 Å². The molecule has 1 aromatic rings. The molecule has 2 amide bonds.